The van der Waals surface area contributed by atoms with Gasteiger partial charge in [-0.15, -0.1) is 0 Å². The highest BCUT2D eigenvalue weighted by Crippen LogP contribution is 2.37. The van der Waals surface area contributed by atoms with E-state index < -0.39 is 25.1 Å². The fourth-order valence-corrected chi connectivity index (χ4v) is 4.16. The van der Waals surface area contributed by atoms with Crippen molar-refractivity contribution >= 4 is 25.1 Å². The predicted molar refractivity (Wildman–Crippen MR) is 115 cm³/mol. The molecule has 0 N–H and O–H groups in total. The Hall–Kier alpha value is -1.50. The lowest BCUT2D eigenvalue weighted by Gasteiger charge is -2.38. The molecule has 0 amide bonds. The van der Waals surface area contributed by atoms with Crippen LogP contribution in [0.1, 0.15) is 32.8 Å². The zero-order chi connectivity index (χ0) is 20.7. The van der Waals surface area contributed by atoms with Gasteiger partial charge in [0.1, 0.15) is 0 Å². The van der Waals surface area contributed by atoms with Crippen LogP contribution >= 0.6 is 0 Å². The molecule has 1 aromatic rings. The van der Waals surface area contributed by atoms with E-state index in [1.165, 1.54) is 13.2 Å². The van der Waals surface area contributed by atoms with E-state index in [0.29, 0.717) is 6.42 Å². The molecule has 1 aromatic carbocycles. The van der Waals surface area contributed by atoms with Gasteiger partial charge >= 0.3 is 5.97 Å². The highest BCUT2D eigenvalue weighted by molar-refractivity contribution is 7.88. The summed E-state index contributed by atoms with van der Waals surface area (Å²) in [5, 5.41) is 1.73. The first kappa shape index (κ1) is 23.5. The summed E-state index contributed by atoms with van der Waals surface area (Å²) >= 11 is 0. The van der Waals surface area contributed by atoms with Crippen molar-refractivity contribution in [2.24, 2.45) is 0 Å². The van der Waals surface area contributed by atoms with Gasteiger partial charge in [0.2, 0.25) is 0 Å². The van der Waals surface area contributed by atoms with Gasteiger partial charge in [0.25, 0.3) is 0 Å². The number of rotatable bonds is 8. The minimum absolute atomic E-state index is 0.0568. The van der Waals surface area contributed by atoms with Crippen LogP contribution in [0.15, 0.2) is 52.8 Å². The van der Waals surface area contributed by atoms with Gasteiger partial charge in [0, 0.05) is 16.4 Å². The molecule has 6 heteroatoms. The topological polar surface area (TPSA) is 52.6 Å². The molecule has 0 aliphatic heterocycles. The first-order valence-corrected chi connectivity index (χ1v) is 13.2. The summed E-state index contributed by atoms with van der Waals surface area (Å²) in [6, 6.07) is 7.64. The predicted octanol–water partition coefficient (Wildman–Crippen LogP) is 5.13. The number of benzene rings is 1. The zero-order valence-electron chi connectivity index (χ0n) is 17.4. The average Bonchev–Trinajstić information content (AvgIpc) is 2.58. The maximum Gasteiger partial charge on any atom is 0.330 e. The molecule has 0 fully saturated rings. The summed E-state index contributed by atoms with van der Waals surface area (Å²) in [5.74, 6) is -0.395. The van der Waals surface area contributed by atoms with Gasteiger partial charge in [0.05, 0.1) is 24.0 Å². The van der Waals surface area contributed by atoms with Crippen molar-refractivity contribution in [1.82, 2.24) is 0 Å². The number of carbonyl (C=O) groups is 1. The Morgan fingerprint density at radius 3 is 2.33 bits per heavy atom. The maximum atomic E-state index is 12.5. The maximum absolute atomic E-state index is 12.5. The lowest BCUT2D eigenvalue weighted by molar-refractivity contribution is -0.134. The second kappa shape index (κ2) is 10.2. The highest BCUT2D eigenvalue weighted by Gasteiger charge is 2.38. The molecule has 0 radical (unpaired) electrons. The summed E-state index contributed by atoms with van der Waals surface area (Å²) in [5.41, 5.74) is 1.13. The molecule has 0 heterocycles. The summed E-state index contributed by atoms with van der Waals surface area (Å²) in [6.45, 7) is 12.9. The van der Waals surface area contributed by atoms with E-state index in [1.54, 1.807) is 11.5 Å². The second-order valence-corrected chi connectivity index (χ2v) is 14.1. The Labute approximate surface area is 167 Å². The van der Waals surface area contributed by atoms with Crippen LogP contribution < -0.4 is 0 Å². The molecule has 27 heavy (non-hydrogen) atoms. The molecule has 0 saturated carbocycles. The molecule has 0 bridgehead atoms. The number of aryl methyl sites for hydroxylation is 1. The number of hydrogen-bond acceptors (Lipinski definition) is 4. The van der Waals surface area contributed by atoms with Gasteiger partial charge in [-0.2, -0.15) is 0 Å². The lowest BCUT2D eigenvalue weighted by atomic mass is 10.2. The van der Waals surface area contributed by atoms with Gasteiger partial charge in [-0.3, -0.25) is 0 Å². The van der Waals surface area contributed by atoms with E-state index in [4.69, 9.17) is 4.43 Å². The van der Waals surface area contributed by atoms with Crippen LogP contribution in [0.5, 0.6) is 0 Å². The van der Waals surface area contributed by atoms with Gasteiger partial charge in [-0.05, 0) is 49.7 Å². The summed E-state index contributed by atoms with van der Waals surface area (Å²) in [4.78, 5) is 12.1. The molecule has 150 valence electrons. The minimum Gasteiger partial charge on any atom is -0.466 e. The summed E-state index contributed by atoms with van der Waals surface area (Å²) in [7, 11) is -1.90. The van der Waals surface area contributed by atoms with E-state index in [2.05, 4.69) is 38.6 Å². The minimum atomic E-state index is -2.01. The molecular weight excluding hydrogens is 376 g/mol. The zero-order valence-corrected chi connectivity index (χ0v) is 19.3. The van der Waals surface area contributed by atoms with Gasteiger partial charge in [-0.25, -0.2) is 9.00 Å². The molecule has 0 unspecified atom stereocenters. The van der Waals surface area contributed by atoms with Crippen LogP contribution in [0.2, 0.25) is 18.1 Å². The molecule has 0 saturated heterocycles. The van der Waals surface area contributed by atoms with Crippen molar-refractivity contribution < 1.29 is 18.2 Å². The van der Waals surface area contributed by atoms with Crippen LogP contribution in [0.3, 0.4) is 0 Å². The Morgan fingerprint density at radius 1 is 1.22 bits per heavy atom. The molecule has 0 aliphatic rings. The lowest BCUT2D eigenvalue weighted by Crippen LogP contribution is -2.43. The van der Waals surface area contributed by atoms with E-state index in [1.807, 2.05) is 37.3 Å². The van der Waals surface area contributed by atoms with Crippen LogP contribution in [0, 0.1) is 6.92 Å². The Bertz CT molecular complexity index is 700. The smallest absolute Gasteiger partial charge is 0.330 e. The van der Waals surface area contributed by atoms with Crippen molar-refractivity contribution in [2.45, 2.75) is 63.2 Å². The van der Waals surface area contributed by atoms with Crippen molar-refractivity contribution in [1.29, 1.82) is 0 Å². The average molecular weight is 409 g/mol. The molecule has 1 rings (SSSR count). The third kappa shape index (κ3) is 7.95. The van der Waals surface area contributed by atoms with Crippen molar-refractivity contribution in [3.8, 4) is 0 Å². The third-order valence-electron chi connectivity index (χ3n) is 4.75. The van der Waals surface area contributed by atoms with Crippen molar-refractivity contribution in [3.63, 3.8) is 0 Å². The third-order valence-corrected chi connectivity index (χ3v) is 10.4. The number of methoxy groups -OCH3 is 1. The number of carbonyl (C=O) groups excluding carboxylic acids is 1. The second-order valence-electron chi connectivity index (χ2n) is 8.02. The fraction of sp³-hybridized carbons (Fsp3) is 0.476. The first-order chi connectivity index (χ1) is 12.5. The Kier molecular flexibility index (Phi) is 8.85. The normalized spacial score (nSPS) is 15.2. The van der Waals surface area contributed by atoms with E-state index in [0.717, 1.165) is 10.5 Å². The van der Waals surface area contributed by atoms with Gasteiger partial charge in [-0.1, -0.05) is 44.5 Å². The Morgan fingerprint density at radius 2 is 1.81 bits per heavy atom. The van der Waals surface area contributed by atoms with E-state index in [9.17, 15) is 9.00 Å². The number of esters is 1. The summed E-state index contributed by atoms with van der Waals surface area (Å²) < 4.78 is 23.6. The van der Waals surface area contributed by atoms with Crippen molar-refractivity contribution in [3.05, 3.63) is 53.5 Å². The largest absolute Gasteiger partial charge is 0.466 e. The van der Waals surface area contributed by atoms with E-state index in [-0.39, 0.29) is 11.1 Å². The van der Waals surface area contributed by atoms with E-state index >= 15 is 0 Å². The van der Waals surface area contributed by atoms with Crippen molar-refractivity contribution in [2.75, 3.05) is 7.11 Å². The SMILES string of the molecule is COC(=O)/C=C\C[C@@H](/C=C/[S@@](=O)c1ccc(C)cc1)O[Si](C)(C)C(C)(C)C. The molecule has 0 aromatic heterocycles. The molecule has 0 aliphatic carbocycles. The van der Waals surface area contributed by atoms with Crippen LogP contribution in [-0.2, 0) is 24.8 Å². The highest BCUT2D eigenvalue weighted by atomic mass is 32.2. The van der Waals surface area contributed by atoms with Crippen LogP contribution in [-0.4, -0.2) is 31.7 Å². The molecular formula is C21H32O4SSi. The number of hydrogen-bond donors (Lipinski definition) is 0. The first-order valence-electron chi connectivity index (χ1n) is 9.04. The van der Waals surface area contributed by atoms with Crippen LogP contribution in [0.4, 0.5) is 0 Å². The Balaban J connectivity index is 2.95. The van der Waals surface area contributed by atoms with Crippen LogP contribution in [0.25, 0.3) is 0 Å². The van der Waals surface area contributed by atoms with Gasteiger partial charge in [0.15, 0.2) is 8.32 Å². The molecule has 0 spiro atoms. The standard InChI is InChI=1S/C21H32O4SSi/c1-17-11-13-19(14-12-17)26(23)16-15-18(9-8-10-20(22)24-5)25-27(6,7)21(2,3)4/h8,10-16,18H,9H2,1-7H3/b10-8-,16-15+/t18-,26+/m0/s1. The fourth-order valence-electron chi connectivity index (χ4n) is 2.00. The number of ether oxygens (including phenoxy) is 1. The summed E-state index contributed by atoms with van der Waals surface area (Å²) in [6.07, 6.45) is 5.25. The molecule has 2 atom stereocenters. The van der Waals surface area contributed by atoms with Gasteiger partial charge < -0.3 is 9.16 Å². The monoisotopic (exact) mass is 408 g/mol. The quantitative estimate of drug-likeness (QED) is 0.340. The molecule has 4 nitrogen and oxygen atoms in total.